The normalized spacial score (nSPS) is 13.4. The van der Waals surface area contributed by atoms with Crippen molar-refractivity contribution in [3.63, 3.8) is 0 Å². The van der Waals surface area contributed by atoms with Gasteiger partial charge >= 0.3 is 0 Å². The Morgan fingerprint density at radius 1 is 1.14 bits per heavy atom. The zero-order chi connectivity index (χ0) is 10.9. The molecule has 1 unspecified atom stereocenters. The van der Waals surface area contributed by atoms with Gasteiger partial charge in [-0.3, -0.25) is 0 Å². The summed E-state index contributed by atoms with van der Waals surface area (Å²) in [7, 11) is 0. The van der Waals surface area contributed by atoms with Crippen molar-refractivity contribution < 1.29 is 5.11 Å². The van der Waals surface area contributed by atoms with Crippen molar-refractivity contribution in [2.75, 3.05) is 0 Å². The molecule has 1 rings (SSSR count). The lowest BCUT2D eigenvalue weighted by atomic mass is 9.98. The molecule has 1 aromatic carbocycles. The Labute approximate surface area is 102 Å². The van der Waals surface area contributed by atoms with E-state index in [2.05, 4.69) is 31.9 Å². The first-order chi connectivity index (χ1) is 6.43. The minimum Gasteiger partial charge on any atom is -0.388 e. The number of hydrogen-bond donors (Lipinski definition) is 1. The molecule has 0 saturated carbocycles. The highest BCUT2D eigenvalue weighted by molar-refractivity contribution is 9.11. The highest BCUT2D eigenvalue weighted by atomic mass is 79.9. The monoisotopic (exact) mass is 320 g/mol. The van der Waals surface area contributed by atoms with Crippen LogP contribution in [0.25, 0.3) is 0 Å². The first kappa shape index (κ1) is 12.2. The lowest BCUT2D eigenvalue weighted by molar-refractivity contribution is 0.127. The molecular weight excluding hydrogens is 308 g/mol. The van der Waals surface area contributed by atoms with Crippen molar-refractivity contribution in [1.82, 2.24) is 0 Å². The van der Waals surface area contributed by atoms with Crippen LogP contribution in [-0.4, -0.2) is 5.11 Å². The van der Waals surface area contributed by atoms with Crippen LogP contribution < -0.4 is 0 Å². The zero-order valence-corrected chi connectivity index (χ0v) is 11.7. The fourth-order valence-electron chi connectivity index (χ4n) is 1.22. The second kappa shape index (κ2) is 4.77. The third kappa shape index (κ3) is 2.59. The van der Waals surface area contributed by atoms with Gasteiger partial charge < -0.3 is 5.11 Å². The van der Waals surface area contributed by atoms with E-state index in [4.69, 9.17) is 0 Å². The van der Waals surface area contributed by atoms with Gasteiger partial charge in [-0.05, 0) is 36.1 Å². The molecule has 0 bridgehead atoms. The molecule has 78 valence electrons. The van der Waals surface area contributed by atoms with Gasteiger partial charge in [0, 0.05) is 8.95 Å². The summed E-state index contributed by atoms with van der Waals surface area (Å²) in [5.74, 6) is 0.233. The van der Waals surface area contributed by atoms with Gasteiger partial charge in [0.1, 0.15) is 0 Å². The van der Waals surface area contributed by atoms with Gasteiger partial charge in [0.05, 0.1) is 6.10 Å². The Hall–Kier alpha value is 0.140. The van der Waals surface area contributed by atoms with E-state index in [1.807, 2.05) is 32.9 Å². The predicted octanol–water partition coefficient (Wildman–Crippen LogP) is 4.21. The van der Waals surface area contributed by atoms with E-state index in [1.165, 1.54) is 0 Å². The maximum Gasteiger partial charge on any atom is 0.0813 e. The molecule has 0 radical (unpaired) electrons. The van der Waals surface area contributed by atoms with Crippen molar-refractivity contribution in [2.24, 2.45) is 5.92 Å². The summed E-state index contributed by atoms with van der Waals surface area (Å²) >= 11 is 6.95. The van der Waals surface area contributed by atoms with Gasteiger partial charge in [-0.2, -0.15) is 0 Å². The molecule has 0 heterocycles. The molecule has 1 nitrogen and oxygen atoms in total. The average Bonchev–Trinajstić information content (AvgIpc) is 2.12. The number of aliphatic hydroxyl groups excluding tert-OH is 1. The second-order valence-corrected chi connectivity index (χ2v) is 5.51. The third-order valence-electron chi connectivity index (χ3n) is 2.28. The zero-order valence-electron chi connectivity index (χ0n) is 8.51. The number of rotatable bonds is 2. The Bertz CT molecular complexity index is 311. The van der Waals surface area contributed by atoms with Crippen LogP contribution in [0.15, 0.2) is 21.1 Å². The summed E-state index contributed by atoms with van der Waals surface area (Å²) in [5.41, 5.74) is 2.11. The molecule has 1 atom stereocenters. The SMILES string of the molecule is Cc1c(Br)cc(C(O)C(C)C)cc1Br. The fourth-order valence-corrected chi connectivity index (χ4v) is 2.44. The standard InChI is InChI=1S/C11H14Br2O/c1-6(2)11(14)8-4-9(12)7(3)10(13)5-8/h4-6,11,14H,1-3H3. The molecule has 0 aliphatic rings. The van der Waals surface area contributed by atoms with E-state index in [-0.39, 0.29) is 5.92 Å². The largest absolute Gasteiger partial charge is 0.388 e. The molecule has 14 heavy (non-hydrogen) atoms. The molecule has 0 fully saturated rings. The summed E-state index contributed by atoms with van der Waals surface area (Å²) in [6.45, 7) is 6.04. The maximum atomic E-state index is 9.90. The van der Waals surface area contributed by atoms with Crippen LogP contribution in [0.5, 0.6) is 0 Å². The first-order valence-corrected chi connectivity index (χ1v) is 6.15. The highest BCUT2D eigenvalue weighted by Crippen LogP contribution is 2.31. The molecule has 1 aromatic rings. The van der Waals surface area contributed by atoms with E-state index in [9.17, 15) is 5.11 Å². The molecule has 0 aliphatic carbocycles. The molecule has 0 saturated heterocycles. The molecular formula is C11H14Br2O. The van der Waals surface area contributed by atoms with E-state index < -0.39 is 6.10 Å². The number of hydrogen-bond acceptors (Lipinski definition) is 1. The third-order valence-corrected chi connectivity index (χ3v) is 3.92. The van der Waals surface area contributed by atoms with Gasteiger partial charge in [-0.1, -0.05) is 45.7 Å². The minimum atomic E-state index is -0.400. The Morgan fingerprint density at radius 3 is 1.93 bits per heavy atom. The molecule has 0 aliphatic heterocycles. The maximum absolute atomic E-state index is 9.90. The van der Waals surface area contributed by atoms with Crippen molar-refractivity contribution >= 4 is 31.9 Å². The lowest BCUT2D eigenvalue weighted by Gasteiger charge is -2.16. The predicted molar refractivity (Wildman–Crippen MR) is 66.4 cm³/mol. The molecule has 0 amide bonds. The summed E-state index contributed by atoms with van der Waals surface area (Å²) in [5, 5.41) is 9.90. The Morgan fingerprint density at radius 2 is 1.57 bits per heavy atom. The van der Waals surface area contributed by atoms with E-state index in [1.54, 1.807) is 0 Å². The number of halogens is 2. The van der Waals surface area contributed by atoms with E-state index in [0.717, 1.165) is 20.1 Å². The molecule has 3 heteroatoms. The average molecular weight is 322 g/mol. The number of aliphatic hydroxyl groups is 1. The highest BCUT2D eigenvalue weighted by Gasteiger charge is 2.14. The smallest absolute Gasteiger partial charge is 0.0813 e. The van der Waals surface area contributed by atoms with Crippen LogP contribution in [-0.2, 0) is 0 Å². The molecule has 0 aromatic heterocycles. The summed E-state index contributed by atoms with van der Waals surface area (Å²) < 4.78 is 2.06. The lowest BCUT2D eigenvalue weighted by Crippen LogP contribution is -2.05. The van der Waals surface area contributed by atoms with Crippen LogP contribution in [0.4, 0.5) is 0 Å². The first-order valence-electron chi connectivity index (χ1n) is 4.57. The van der Waals surface area contributed by atoms with Gasteiger partial charge in [0.15, 0.2) is 0 Å². The summed E-state index contributed by atoms with van der Waals surface area (Å²) in [6.07, 6.45) is -0.400. The van der Waals surface area contributed by atoms with Crippen LogP contribution in [0.2, 0.25) is 0 Å². The van der Waals surface area contributed by atoms with E-state index in [0.29, 0.717) is 0 Å². The second-order valence-electron chi connectivity index (χ2n) is 3.80. The van der Waals surface area contributed by atoms with Gasteiger partial charge in [0.25, 0.3) is 0 Å². The summed E-state index contributed by atoms with van der Waals surface area (Å²) in [6, 6.07) is 3.95. The van der Waals surface area contributed by atoms with Crippen LogP contribution >= 0.6 is 31.9 Å². The van der Waals surface area contributed by atoms with Crippen LogP contribution in [0.3, 0.4) is 0 Å². The van der Waals surface area contributed by atoms with Gasteiger partial charge in [-0.15, -0.1) is 0 Å². The van der Waals surface area contributed by atoms with Crippen molar-refractivity contribution in [1.29, 1.82) is 0 Å². The molecule has 1 N–H and O–H groups in total. The van der Waals surface area contributed by atoms with Crippen molar-refractivity contribution in [3.8, 4) is 0 Å². The minimum absolute atomic E-state index is 0.233. The van der Waals surface area contributed by atoms with Crippen molar-refractivity contribution in [2.45, 2.75) is 26.9 Å². The Kier molecular flexibility index (Phi) is 4.16. The van der Waals surface area contributed by atoms with Crippen LogP contribution in [0, 0.1) is 12.8 Å². The Balaban J connectivity index is 3.12. The topological polar surface area (TPSA) is 20.2 Å². The van der Waals surface area contributed by atoms with E-state index >= 15 is 0 Å². The number of benzene rings is 1. The quantitative estimate of drug-likeness (QED) is 0.865. The summed E-state index contributed by atoms with van der Waals surface area (Å²) in [4.78, 5) is 0. The fraction of sp³-hybridized carbons (Fsp3) is 0.455. The van der Waals surface area contributed by atoms with Crippen LogP contribution in [0.1, 0.15) is 31.1 Å². The van der Waals surface area contributed by atoms with Crippen molar-refractivity contribution in [3.05, 3.63) is 32.2 Å². The molecule has 0 spiro atoms. The van der Waals surface area contributed by atoms with Gasteiger partial charge in [0.2, 0.25) is 0 Å². The van der Waals surface area contributed by atoms with Gasteiger partial charge in [-0.25, -0.2) is 0 Å².